The van der Waals surface area contributed by atoms with Crippen LogP contribution < -0.4 is 10.2 Å². The minimum Gasteiger partial charge on any atom is -0.351 e. The van der Waals surface area contributed by atoms with Gasteiger partial charge in [0.05, 0.1) is 0 Å². The standard InChI is InChI=1S/C17H24N2O2S/c1-11-10-22-16(21)19(11)3-2-15(20)18-17-7-12-4-13(8-17)6-14(5-12)9-17/h10,12-14H,2-9H2,1H3,(H,18,20). The van der Waals surface area contributed by atoms with Crippen molar-refractivity contribution in [2.24, 2.45) is 17.8 Å². The molecule has 1 aromatic heterocycles. The minimum atomic E-state index is 0.0418. The Bertz CT molecular complexity index is 610. The molecule has 1 heterocycles. The van der Waals surface area contributed by atoms with Gasteiger partial charge in [-0.15, -0.1) is 0 Å². The van der Waals surface area contributed by atoms with E-state index in [2.05, 4.69) is 5.32 Å². The molecule has 4 bridgehead atoms. The molecule has 5 rings (SSSR count). The van der Waals surface area contributed by atoms with Crippen molar-refractivity contribution in [3.8, 4) is 0 Å². The first-order valence-electron chi connectivity index (χ1n) is 8.49. The Morgan fingerprint density at radius 3 is 2.36 bits per heavy atom. The summed E-state index contributed by atoms with van der Waals surface area (Å²) in [5.41, 5.74) is 1.04. The second kappa shape index (κ2) is 5.22. The van der Waals surface area contributed by atoms with Crippen molar-refractivity contribution in [2.75, 3.05) is 0 Å². The fourth-order valence-corrected chi connectivity index (χ4v) is 6.27. The molecule has 0 atom stereocenters. The van der Waals surface area contributed by atoms with Gasteiger partial charge in [-0.2, -0.15) is 0 Å². The zero-order valence-electron chi connectivity index (χ0n) is 13.1. The zero-order chi connectivity index (χ0) is 15.3. The van der Waals surface area contributed by atoms with E-state index in [0.29, 0.717) is 13.0 Å². The van der Waals surface area contributed by atoms with Gasteiger partial charge < -0.3 is 9.88 Å². The lowest BCUT2D eigenvalue weighted by atomic mass is 9.53. The van der Waals surface area contributed by atoms with Crippen LogP contribution in [0, 0.1) is 24.7 Å². The first-order chi connectivity index (χ1) is 10.5. The van der Waals surface area contributed by atoms with Gasteiger partial charge >= 0.3 is 4.87 Å². The molecule has 0 radical (unpaired) electrons. The Balaban J connectivity index is 1.39. The van der Waals surface area contributed by atoms with Crippen molar-refractivity contribution >= 4 is 17.2 Å². The number of rotatable bonds is 4. The highest BCUT2D eigenvalue weighted by molar-refractivity contribution is 7.07. The maximum Gasteiger partial charge on any atom is 0.307 e. The van der Waals surface area contributed by atoms with Crippen LogP contribution in [0.25, 0.3) is 0 Å². The maximum atomic E-state index is 12.4. The van der Waals surface area contributed by atoms with E-state index in [4.69, 9.17) is 0 Å². The highest BCUT2D eigenvalue weighted by Crippen LogP contribution is 2.55. The molecule has 4 aliphatic carbocycles. The van der Waals surface area contributed by atoms with Gasteiger partial charge in [0.15, 0.2) is 0 Å². The van der Waals surface area contributed by atoms with Gasteiger partial charge in [0.25, 0.3) is 0 Å². The molecule has 0 aliphatic heterocycles. The number of thiazole rings is 1. The van der Waals surface area contributed by atoms with E-state index in [9.17, 15) is 9.59 Å². The van der Waals surface area contributed by atoms with Gasteiger partial charge in [0, 0.05) is 29.6 Å². The van der Waals surface area contributed by atoms with Crippen molar-refractivity contribution in [2.45, 2.75) is 64.0 Å². The number of hydrogen-bond donors (Lipinski definition) is 1. The Morgan fingerprint density at radius 2 is 1.86 bits per heavy atom. The molecule has 1 N–H and O–H groups in total. The molecule has 5 heteroatoms. The third kappa shape index (κ3) is 2.53. The highest BCUT2D eigenvalue weighted by Gasteiger charge is 2.51. The van der Waals surface area contributed by atoms with Crippen molar-refractivity contribution in [1.82, 2.24) is 9.88 Å². The fourth-order valence-electron chi connectivity index (χ4n) is 5.51. The normalized spacial score (nSPS) is 35.8. The molecular formula is C17H24N2O2S. The highest BCUT2D eigenvalue weighted by atomic mass is 32.1. The largest absolute Gasteiger partial charge is 0.351 e. The van der Waals surface area contributed by atoms with Crippen LogP contribution >= 0.6 is 11.3 Å². The van der Waals surface area contributed by atoms with Crippen LogP contribution in [-0.2, 0) is 11.3 Å². The van der Waals surface area contributed by atoms with Gasteiger partial charge in [-0.1, -0.05) is 11.3 Å². The molecule has 0 aromatic carbocycles. The van der Waals surface area contributed by atoms with E-state index in [0.717, 1.165) is 23.4 Å². The van der Waals surface area contributed by atoms with E-state index < -0.39 is 0 Å². The summed E-state index contributed by atoms with van der Waals surface area (Å²) >= 11 is 1.21. The molecule has 1 amide bonds. The van der Waals surface area contributed by atoms with E-state index in [1.807, 2.05) is 12.3 Å². The summed E-state index contributed by atoms with van der Waals surface area (Å²) in [5.74, 6) is 2.65. The molecule has 4 saturated carbocycles. The molecule has 0 saturated heterocycles. The Morgan fingerprint density at radius 1 is 1.27 bits per heavy atom. The Kier molecular flexibility index (Phi) is 3.44. The van der Waals surface area contributed by atoms with Crippen LogP contribution in [-0.4, -0.2) is 16.0 Å². The lowest BCUT2D eigenvalue weighted by molar-refractivity contribution is -0.127. The van der Waals surface area contributed by atoms with Crippen LogP contribution in [0.2, 0.25) is 0 Å². The zero-order valence-corrected chi connectivity index (χ0v) is 14.0. The summed E-state index contributed by atoms with van der Waals surface area (Å²) in [6.07, 6.45) is 8.13. The molecule has 0 spiro atoms. The molecule has 120 valence electrons. The Hall–Kier alpha value is -1.10. The smallest absolute Gasteiger partial charge is 0.307 e. The summed E-state index contributed by atoms with van der Waals surface area (Å²) in [5, 5.41) is 5.24. The maximum absolute atomic E-state index is 12.4. The van der Waals surface area contributed by atoms with E-state index in [1.54, 1.807) is 4.57 Å². The van der Waals surface area contributed by atoms with Crippen LogP contribution in [0.1, 0.15) is 50.6 Å². The van der Waals surface area contributed by atoms with Gasteiger partial charge in [-0.25, -0.2) is 0 Å². The van der Waals surface area contributed by atoms with Crippen LogP contribution in [0.5, 0.6) is 0 Å². The first-order valence-corrected chi connectivity index (χ1v) is 9.37. The fraction of sp³-hybridized carbons (Fsp3) is 0.765. The van der Waals surface area contributed by atoms with Gasteiger partial charge in [0.2, 0.25) is 5.91 Å². The second-order valence-electron chi connectivity index (χ2n) is 7.79. The number of aromatic nitrogens is 1. The molecule has 4 aliphatic rings. The predicted octanol–water partition coefficient (Wildman–Crippen LogP) is 2.69. The molecule has 4 nitrogen and oxygen atoms in total. The second-order valence-corrected chi connectivity index (χ2v) is 8.61. The lowest BCUT2D eigenvalue weighted by Crippen LogP contribution is -2.59. The predicted molar refractivity (Wildman–Crippen MR) is 87.0 cm³/mol. The number of carbonyl (C=O) groups excluding carboxylic acids is 1. The summed E-state index contributed by atoms with van der Waals surface area (Å²) in [6, 6.07) is 0. The van der Waals surface area contributed by atoms with E-state index in [1.165, 1.54) is 49.9 Å². The van der Waals surface area contributed by atoms with Crippen molar-refractivity contribution in [3.63, 3.8) is 0 Å². The third-order valence-electron chi connectivity index (χ3n) is 5.98. The summed E-state index contributed by atoms with van der Waals surface area (Å²) in [6.45, 7) is 2.43. The Labute approximate surface area is 134 Å². The number of nitrogens with one attached hydrogen (secondary N) is 1. The van der Waals surface area contributed by atoms with E-state index in [-0.39, 0.29) is 16.3 Å². The lowest BCUT2D eigenvalue weighted by Gasteiger charge is -2.56. The summed E-state index contributed by atoms with van der Waals surface area (Å²) in [7, 11) is 0. The number of carbonyl (C=O) groups is 1. The molecule has 1 aromatic rings. The number of aryl methyl sites for hydroxylation is 1. The number of amides is 1. The molecule has 22 heavy (non-hydrogen) atoms. The summed E-state index contributed by atoms with van der Waals surface area (Å²) in [4.78, 5) is 24.2. The van der Waals surface area contributed by atoms with Crippen molar-refractivity contribution in [1.29, 1.82) is 0 Å². The average Bonchev–Trinajstić information content (AvgIpc) is 2.73. The molecule has 4 fully saturated rings. The average molecular weight is 320 g/mol. The quantitative estimate of drug-likeness (QED) is 0.927. The van der Waals surface area contributed by atoms with Crippen LogP contribution in [0.4, 0.5) is 0 Å². The molecular weight excluding hydrogens is 296 g/mol. The van der Waals surface area contributed by atoms with Crippen LogP contribution in [0.15, 0.2) is 10.2 Å². The van der Waals surface area contributed by atoms with Crippen LogP contribution in [0.3, 0.4) is 0 Å². The SMILES string of the molecule is Cc1csc(=O)n1CCC(=O)NC12CC3CC(CC(C3)C1)C2. The monoisotopic (exact) mass is 320 g/mol. The third-order valence-corrected chi connectivity index (χ3v) is 6.86. The number of nitrogens with zero attached hydrogens (tertiary/aromatic N) is 1. The van der Waals surface area contributed by atoms with Gasteiger partial charge in [0.1, 0.15) is 0 Å². The molecule has 0 unspecified atom stereocenters. The summed E-state index contributed by atoms with van der Waals surface area (Å²) < 4.78 is 1.71. The van der Waals surface area contributed by atoms with Crippen molar-refractivity contribution < 1.29 is 4.79 Å². The van der Waals surface area contributed by atoms with Gasteiger partial charge in [-0.05, 0) is 63.2 Å². The van der Waals surface area contributed by atoms with Gasteiger partial charge in [-0.3, -0.25) is 9.59 Å². The number of hydrogen-bond acceptors (Lipinski definition) is 3. The van der Waals surface area contributed by atoms with E-state index >= 15 is 0 Å². The minimum absolute atomic E-state index is 0.0418. The van der Waals surface area contributed by atoms with Crippen molar-refractivity contribution in [3.05, 3.63) is 20.7 Å². The first kappa shape index (κ1) is 14.5. The topological polar surface area (TPSA) is 51.1 Å².